The number of carbonyl (C=O) groups excluding carboxylic acids is 2. The number of nitrogens with one attached hydrogen (secondary N) is 2. The van der Waals surface area contributed by atoms with E-state index in [1.54, 1.807) is 30.3 Å². The standard InChI is InChI=1S/C15H11IN4O2/c16-9-3-6-12-11(7-9)13(15(22)18-12)19-20-14(21)8-1-4-10(17)5-2-8/h1-7H,17H2,(H,20,21)(H,18,19,22). The largest absolute Gasteiger partial charge is 0.399 e. The summed E-state index contributed by atoms with van der Waals surface area (Å²) in [7, 11) is 0. The van der Waals surface area contributed by atoms with Gasteiger partial charge in [0.05, 0.1) is 5.69 Å². The highest BCUT2D eigenvalue weighted by atomic mass is 127. The number of carbonyl (C=O) groups is 2. The molecule has 2 aromatic rings. The van der Waals surface area contributed by atoms with Crippen LogP contribution < -0.4 is 16.5 Å². The number of nitrogens with two attached hydrogens (primary N) is 1. The molecule has 0 atom stereocenters. The van der Waals surface area contributed by atoms with E-state index in [-0.39, 0.29) is 11.6 Å². The zero-order valence-electron chi connectivity index (χ0n) is 11.3. The van der Waals surface area contributed by atoms with Gasteiger partial charge in [0.15, 0.2) is 5.71 Å². The van der Waals surface area contributed by atoms with Gasteiger partial charge in [-0.1, -0.05) is 0 Å². The van der Waals surface area contributed by atoms with Crippen LogP contribution in [0.5, 0.6) is 0 Å². The zero-order valence-corrected chi connectivity index (χ0v) is 13.4. The van der Waals surface area contributed by atoms with Crippen LogP contribution in [-0.4, -0.2) is 17.5 Å². The normalized spacial score (nSPS) is 14.6. The number of hydrazone groups is 1. The summed E-state index contributed by atoms with van der Waals surface area (Å²) in [5, 5.41) is 6.66. The number of nitrogens with zero attached hydrogens (tertiary/aromatic N) is 1. The average Bonchev–Trinajstić information content (AvgIpc) is 2.80. The molecule has 0 saturated carbocycles. The smallest absolute Gasteiger partial charge is 0.276 e. The highest BCUT2D eigenvalue weighted by Crippen LogP contribution is 2.25. The summed E-state index contributed by atoms with van der Waals surface area (Å²) in [6.45, 7) is 0. The van der Waals surface area contributed by atoms with E-state index in [2.05, 4.69) is 38.4 Å². The van der Waals surface area contributed by atoms with Crippen molar-refractivity contribution in [2.45, 2.75) is 0 Å². The lowest BCUT2D eigenvalue weighted by atomic mass is 10.1. The lowest BCUT2D eigenvalue weighted by Gasteiger charge is -2.02. The Kier molecular flexibility index (Phi) is 3.80. The predicted octanol–water partition coefficient (Wildman–Crippen LogP) is 1.96. The molecule has 2 amide bonds. The molecule has 1 heterocycles. The van der Waals surface area contributed by atoms with E-state index in [9.17, 15) is 9.59 Å². The quantitative estimate of drug-likeness (QED) is 0.404. The topological polar surface area (TPSA) is 96.6 Å². The lowest BCUT2D eigenvalue weighted by molar-refractivity contribution is -0.110. The molecule has 0 spiro atoms. The van der Waals surface area contributed by atoms with Crippen LogP contribution in [-0.2, 0) is 4.79 Å². The first-order valence-electron chi connectivity index (χ1n) is 6.39. The third-order valence-electron chi connectivity index (χ3n) is 3.14. The second-order valence-corrected chi connectivity index (χ2v) is 5.91. The first kappa shape index (κ1) is 14.5. The van der Waals surface area contributed by atoms with Crippen molar-refractivity contribution in [2.24, 2.45) is 5.10 Å². The van der Waals surface area contributed by atoms with E-state index >= 15 is 0 Å². The fourth-order valence-corrected chi connectivity index (χ4v) is 2.53. The van der Waals surface area contributed by atoms with Gasteiger partial charge in [-0.2, -0.15) is 5.10 Å². The van der Waals surface area contributed by atoms with Gasteiger partial charge in [-0.25, -0.2) is 5.43 Å². The van der Waals surface area contributed by atoms with E-state index < -0.39 is 5.91 Å². The summed E-state index contributed by atoms with van der Waals surface area (Å²) < 4.78 is 0.977. The molecule has 6 nitrogen and oxygen atoms in total. The van der Waals surface area contributed by atoms with Crippen molar-refractivity contribution in [1.82, 2.24) is 5.43 Å². The van der Waals surface area contributed by atoms with Crippen molar-refractivity contribution in [3.63, 3.8) is 0 Å². The molecule has 0 aliphatic carbocycles. The summed E-state index contributed by atoms with van der Waals surface area (Å²) in [6.07, 6.45) is 0. The molecule has 1 aliphatic heterocycles. The maximum absolute atomic E-state index is 12.0. The molecule has 0 radical (unpaired) electrons. The molecular formula is C15H11IN4O2. The minimum absolute atomic E-state index is 0.192. The minimum atomic E-state index is -0.403. The van der Waals surface area contributed by atoms with Crippen molar-refractivity contribution >= 4 is 51.5 Å². The second-order valence-electron chi connectivity index (χ2n) is 4.67. The Morgan fingerprint density at radius 3 is 2.64 bits per heavy atom. The molecule has 0 saturated heterocycles. The maximum atomic E-state index is 12.0. The van der Waals surface area contributed by atoms with Gasteiger partial charge in [-0.3, -0.25) is 9.59 Å². The van der Waals surface area contributed by atoms with Crippen LogP contribution in [0.15, 0.2) is 47.6 Å². The number of benzene rings is 2. The van der Waals surface area contributed by atoms with Crippen LogP contribution in [0.25, 0.3) is 0 Å². The van der Waals surface area contributed by atoms with E-state index in [1.165, 1.54) is 0 Å². The average molecular weight is 406 g/mol. The van der Waals surface area contributed by atoms with Gasteiger partial charge in [0.2, 0.25) is 0 Å². The summed E-state index contributed by atoms with van der Waals surface area (Å²) in [5.41, 5.74) is 10.5. The van der Waals surface area contributed by atoms with E-state index in [4.69, 9.17) is 5.73 Å². The molecule has 0 fully saturated rings. The van der Waals surface area contributed by atoms with Crippen molar-refractivity contribution < 1.29 is 9.59 Å². The predicted molar refractivity (Wildman–Crippen MR) is 92.6 cm³/mol. The van der Waals surface area contributed by atoms with Crippen LogP contribution >= 0.6 is 22.6 Å². The first-order chi connectivity index (χ1) is 10.5. The number of hydrogen-bond donors (Lipinski definition) is 3. The highest BCUT2D eigenvalue weighted by Gasteiger charge is 2.26. The van der Waals surface area contributed by atoms with Crippen molar-refractivity contribution in [2.75, 3.05) is 11.1 Å². The molecule has 110 valence electrons. The van der Waals surface area contributed by atoms with Crippen LogP contribution in [0, 0.1) is 3.57 Å². The molecule has 0 bridgehead atoms. The second kappa shape index (κ2) is 5.76. The number of rotatable bonds is 2. The fourth-order valence-electron chi connectivity index (χ4n) is 2.04. The Balaban J connectivity index is 1.84. The van der Waals surface area contributed by atoms with Gasteiger partial charge in [0.25, 0.3) is 11.8 Å². The molecular weight excluding hydrogens is 395 g/mol. The van der Waals surface area contributed by atoms with Crippen LogP contribution in [0.2, 0.25) is 0 Å². The summed E-state index contributed by atoms with van der Waals surface area (Å²) in [5.74, 6) is -0.742. The van der Waals surface area contributed by atoms with Gasteiger partial charge in [-0.15, -0.1) is 0 Å². The van der Waals surface area contributed by atoms with Gasteiger partial charge >= 0.3 is 0 Å². The van der Waals surface area contributed by atoms with Crippen molar-refractivity contribution in [1.29, 1.82) is 0 Å². The van der Waals surface area contributed by atoms with Crippen LogP contribution in [0.4, 0.5) is 11.4 Å². The fraction of sp³-hybridized carbons (Fsp3) is 0. The Hall–Kier alpha value is -2.42. The first-order valence-corrected chi connectivity index (χ1v) is 7.47. The van der Waals surface area contributed by atoms with Crippen LogP contribution in [0.3, 0.4) is 0 Å². The molecule has 3 rings (SSSR count). The molecule has 2 aromatic carbocycles. The number of halogens is 1. The minimum Gasteiger partial charge on any atom is -0.399 e. The summed E-state index contributed by atoms with van der Waals surface area (Å²) in [6, 6.07) is 12.0. The molecule has 0 unspecified atom stereocenters. The molecule has 0 aromatic heterocycles. The third kappa shape index (κ3) is 2.80. The monoisotopic (exact) mass is 406 g/mol. The highest BCUT2D eigenvalue weighted by molar-refractivity contribution is 14.1. The van der Waals surface area contributed by atoms with Gasteiger partial charge in [0, 0.05) is 20.4 Å². The van der Waals surface area contributed by atoms with E-state index in [0.717, 1.165) is 3.57 Å². The number of anilines is 2. The number of hydrogen-bond acceptors (Lipinski definition) is 4. The number of fused-ring (bicyclic) bond motifs is 1. The number of amides is 2. The molecule has 7 heteroatoms. The van der Waals surface area contributed by atoms with Gasteiger partial charge in [-0.05, 0) is 65.1 Å². The Bertz CT molecular complexity index is 800. The van der Waals surface area contributed by atoms with Crippen molar-refractivity contribution in [3.05, 3.63) is 57.2 Å². The van der Waals surface area contributed by atoms with E-state index in [1.807, 2.05) is 12.1 Å². The van der Waals surface area contributed by atoms with Crippen LogP contribution in [0.1, 0.15) is 15.9 Å². The lowest BCUT2D eigenvalue weighted by Crippen LogP contribution is -2.23. The van der Waals surface area contributed by atoms with Gasteiger partial charge < -0.3 is 11.1 Å². The zero-order chi connectivity index (χ0) is 15.7. The number of nitrogen functional groups attached to an aromatic ring is 1. The Morgan fingerprint density at radius 1 is 1.18 bits per heavy atom. The molecule has 4 N–H and O–H groups in total. The SMILES string of the molecule is Nc1ccc(C(=O)N/N=C2/C(=O)Nc3ccc(I)cc32)cc1. The van der Waals surface area contributed by atoms with Gasteiger partial charge in [0.1, 0.15) is 0 Å². The summed E-state index contributed by atoms with van der Waals surface area (Å²) in [4.78, 5) is 23.9. The van der Waals surface area contributed by atoms with E-state index in [0.29, 0.717) is 22.5 Å². The third-order valence-corrected chi connectivity index (χ3v) is 3.81. The maximum Gasteiger partial charge on any atom is 0.276 e. The molecule has 22 heavy (non-hydrogen) atoms. The molecule has 1 aliphatic rings. The summed E-state index contributed by atoms with van der Waals surface area (Å²) >= 11 is 2.15. The Morgan fingerprint density at radius 2 is 1.91 bits per heavy atom. The Labute approximate surface area is 139 Å². The van der Waals surface area contributed by atoms with Crippen molar-refractivity contribution in [3.8, 4) is 0 Å².